The summed E-state index contributed by atoms with van der Waals surface area (Å²) in [5.41, 5.74) is 0.636. The zero-order valence-corrected chi connectivity index (χ0v) is 26.4. The van der Waals surface area contributed by atoms with Crippen molar-refractivity contribution < 1.29 is 19.4 Å². The number of alkyl halides is 1. The van der Waals surface area contributed by atoms with Crippen LogP contribution in [0.1, 0.15) is 83.3 Å². The van der Waals surface area contributed by atoms with Crippen LogP contribution >= 0.6 is 11.6 Å². The van der Waals surface area contributed by atoms with Gasteiger partial charge in [0.1, 0.15) is 17.1 Å². The number of aromatic hydroxyl groups is 1. The second kappa shape index (κ2) is 12.1. The molecule has 2 aromatic carbocycles. The van der Waals surface area contributed by atoms with Crippen molar-refractivity contribution >= 4 is 20.6 Å². The number of phenolic OH excluding ortho intramolecular Hbond substituents is 1. The van der Waals surface area contributed by atoms with E-state index in [9.17, 15) is 10.2 Å². The molecule has 2 aromatic rings. The van der Waals surface area contributed by atoms with Gasteiger partial charge in [-0.25, -0.2) is 0 Å². The highest BCUT2D eigenvalue weighted by atomic mass is 35.5. The molecular formula is C33H48ClO4Si. The highest BCUT2D eigenvalue weighted by molar-refractivity contribution is 6.48. The molecule has 0 saturated heterocycles. The third-order valence-corrected chi connectivity index (χ3v) is 10.5. The number of fused-ring (bicyclic) bond motifs is 1. The maximum atomic E-state index is 13.2. The van der Waals surface area contributed by atoms with Crippen LogP contribution in [0.25, 0.3) is 0 Å². The minimum Gasteiger partial charge on any atom is -0.508 e. The standard InChI is InChI=1S/C33H48ClO4Si/c1-31(2,3)29-19-14-25-22-28(23-10-15-26(35)16-11-23)33(36,30(32(25,29)4)38-39(5)6)24-12-17-27(18-13-24)37-21-9-7-8-20-34/h10-13,15-18,25,28-30,35-36H,7-9,14,19-22H2,1-6H3/t25-,28-,29-,30?,32-,33+/m0/s1. The molecule has 1 unspecified atom stereocenters. The Balaban J connectivity index is 1.78. The number of hydrogen-bond donors (Lipinski definition) is 2. The third-order valence-electron chi connectivity index (χ3n) is 9.51. The second-order valence-electron chi connectivity index (χ2n) is 13.3. The van der Waals surface area contributed by atoms with Crippen LogP contribution in [-0.4, -0.2) is 37.8 Å². The number of hydrogen-bond acceptors (Lipinski definition) is 4. The molecule has 215 valence electrons. The molecule has 2 aliphatic carbocycles. The Bertz CT molecular complexity index is 1070. The summed E-state index contributed by atoms with van der Waals surface area (Å²) in [4.78, 5) is 0. The first-order chi connectivity index (χ1) is 18.4. The van der Waals surface area contributed by atoms with Gasteiger partial charge in [-0.15, -0.1) is 11.6 Å². The van der Waals surface area contributed by atoms with Crippen molar-refractivity contribution in [3.63, 3.8) is 0 Å². The lowest BCUT2D eigenvalue weighted by molar-refractivity contribution is -0.200. The van der Waals surface area contributed by atoms with Crippen molar-refractivity contribution in [2.45, 2.75) is 96.9 Å². The van der Waals surface area contributed by atoms with E-state index in [2.05, 4.69) is 40.8 Å². The Morgan fingerprint density at radius 3 is 2.23 bits per heavy atom. The Hall–Kier alpha value is -1.53. The molecule has 6 heteroatoms. The van der Waals surface area contributed by atoms with Gasteiger partial charge in [-0.1, -0.05) is 52.0 Å². The van der Waals surface area contributed by atoms with E-state index in [1.807, 2.05) is 36.4 Å². The molecule has 1 radical (unpaired) electrons. The topological polar surface area (TPSA) is 58.9 Å². The first-order valence-electron chi connectivity index (χ1n) is 14.7. The van der Waals surface area contributed by atoms with Crippen LogP contribution in [0.15, 0.2) is 48.5 Å². The van der Waals surface area contributed by atoms with E-state index in [0.717, 1.165) is 55.4 Å². The summed E-state index contributed by atoms with van der Waals surface area (Å²) in [6.07, 6.45) is 5.87. The summed E-state index contributed by atoms with van der Waals surface area (Å²) in [6, 6.07) is 15.5. The minimum atomic E-state index is -1.23. The largest absolute Gasteiger partial charge is 0.508 e. The first kappa shape index (κ1) is 30.4. The summed E-state index contributed by atoms with van der Waals surface area (Å²) in [7, 11) is -1.13. The fourth-order valence-electron chi connectivity index (χ4n) is 7.81. The van der Waals surface area contributed by atoms with E-state index in [0.29, 0.717) is 24.3 Å². The average molecular weight is 572 g/mol. The van der Waals surface area contributed by atoms with Gasteiger partial charge < -0.3 is 19.4 Å². The average Bonchev–Trinajstić information content (AvgIpc) is 3.23. The molecule has 2 N–H and O–H groups in total. The SMILES string of the molecule is C[Si](C)OC1[C@@]2(C)[C@@H](CC[C@H]2C(C)(C)C)C[C@@H](c2ccc(O)cc2)[C@]1(O)c1ccc(OCCCCCCl)cc1. The van der Waals surface area contributed by atoms with Crippen molar-refractivity contribution in [2.24, 2.45) is 22.7 Å². The van der Waals surface area contributed by atoms with Crippen LogP contribution in [0.5, 0.6) is 11.5 Å². The van der Waals surface area contributed by atoms with Crippen molar-refractivity contribution in [2.75, 3.05) is 12.5 Å². The molecular weight excluding hydrogens is 524 g/mol. The van der Waals surface area contributed by atoms with Crippen LogP contribution in [0.2, 0.25) is 13.1 Å². The maximum Gasteiger partial charge on any atom is 0.205 e. The predicted molar refractivity (Wildman–Crippen MR) is 162 cm³/mol. The molecule has 6 atom stereocenters. The summed E-state index contributed by atoms with van der Waals surface area (Å²) in [5.74, 6) is 2.48. The van der Waals surface area contributed by atoms with E-state index >= 15 is 0 Å². The zero-order chi connectivity index (χ0) is 28.4. The van der Waals surface area contributed by atoms with Crippen molar-refractivity contribution in [3.05, 3.63) is 59.7 Å². The summed E-state index contributed by atoms with van der Waals surface area (Å²) >= 11 is 5.80. The molecule has 4 rings (SSSR count). The van der Waals surface area contributed by atoms with Crippen LogP contribution < -0.4 is 4.74 Å². The van der Waals surface area contributed by atoms with Crippen LogP contribution in [0.4, 0.5) is 0 Å². The molecule has 0 bridgehead atoms. The number of rotatable bonds is 10. The molecule has 2 saturated carbocycles. The minimum absolute atomic E-state index is 0.104. The van der Waals surface area contributed by atoms with Gasteiger partial charge in [0, 0.05) is 17.2 Å². The van der Waals surface area contributed by atoms with E-state index in [1.165, 1.54) is 0 Å². The first-order valence-corrected chi connectivity index (χ1v) is 17.6. The number of unbranched alkanes of at least 4 members (excludes halogenated alkanes) is 2. The number of halogens is 1. The molecule has 0 aromatic heterocycles. The lowest BCUT2D eigenvalue weighted by atomic mass is 9.50. The molecule has 4 nitrogen and oxygen atoms in total. The normalized spacial score (nSPS) is 30.9. The molecule has 0 aliphatic heterocycles. The van der Waals surface area contributed by atoms with E-state index in [-0.39, 0.29) is 28.6 Å². The van der Waals surface area contributed by atoms with E-state index in [4.69, 9.17) is 20.8 Å². The Labute approximate surface area is 242 Å². The number of phenols is 1. The number of ether oxygens (including phenoxy) is 1. The van der Waals surface area contributed by atoms with Gasteiger partial charge in [-0.3, -0.25) is 0 Å². The maximum absolute atomic E-state index is 13.2. The van der Waals surface area contributed by atoms with Gasteiger partial charge in [0.25, 0.3) is 0 Å². The van der Waals surface area contributed by atoms with E-state index < -0.39 is 14.6 Å². The molecule has 0 heterocycles. The fraction of sp³-hybridized carbons (Fsp3) is 0.636. The van der Waals surface area contributed by atoms with Gasteiger partial charge in [0.2, 0.25) is 9.04 Å². The third kappa shape index (κ3) is 6.07. The lowest BCUT2D eigenvalue weighted by Crippen LogP contribution is -2.63. The van der Waals surface area contributed by atoms with Crippen molar-refractivity contribution in [1.29, 1.82) is 0 Å². The summed E-state index contributed by atoms with van der Waals surface area (Å²) in [6.45, 7) is 14.4. The molecule has 0 spiro atoms. The molecule has 2 aliphatic rings. The van der Waals surface area contributed by atoms with Gasteiger partial charge in [-0.05, 0) is 104 Å². The molecule has 2 fully saturated rings. The van der Waals surface area contributed by atoms with Crippen LogP contribution in [0.3, 0.4) is 0 Å². The Kier molecular flexibility index (Phi) is 9.47. The number of benzene rings is 2. The monoisotopic (exact) mass is 571 g/mol. The summed E-state index contributed by atoms with van der Waals surface area (Å²) < 4.78 is 13.0. The van der Waals surface area contributed by atoms with Gasteiger partial charge in [-0.2, -0.15) is 0 Å². The highest BCUT2D eigenvalue weighted by Gasteiger charge is 2.66. The highest BCUT2D eigenvalue weighted by Crippen LogP contribution is 2.67. The Morgan fingerprint density at radius 2 is 1.64 bits per heavy atom. The predicted octanol–water partition coefficient (Wildman–Crippen LogP) is 8.27. The van der Waals surface area contributed by atoms with Gasteiger partial charge in [0.05, 0.1) is 12.7 Å². The Morgan fingerprint density at radius 1 is 0.974 bits per heavy atom. The van der Waals surface area contributed by atoms with Crippen LogP contribution in [0, 0.1) is 22.7 Å². The lowest BCUT2D eigenvalue weighted by Gasteiger charge is -2.60. The zero-order valence-electron chi connectivity index (χ0n) is 24.7. The van der Waals surface area contributed by atoms with Crippen molar-refractivity contribution in [3.8, 4) is 11.5 Å². The van der Waals surface area contributed by atoms with Gasteiger partial charge >= 0.3 is 0 Å². The smallest absolute Gasteiger partial charge is 0.205 e. The second-order valence-corrected chi connectivity index (χ2v) is 15.7. The van der Waals surface area contributed by atoms with Crippen molar-refractivity contribution in [1.82, 2.24) is 0 Å². The van der Waals surface area contributed by atoms with Gasteiger partial charge in [0.15, 0.2) is 0 Å². The summed E-state index contributed by atoms with van der Waals surface area (Å²) in [5, 5.41) is 23.2. The quantitative estimate of drug-likeness (QED) is 0.171. The van der Waals surface area contributed by atoms with Crippen LogP contribution in [-0.2, 0) is 10.0 Å². The molecule has 39 heavy (non-hydrogen) atoms. The fourth-order valence-corrected chi connectivity index (χ4v) is 8.91. The molecule has 0 amide bonds. The number of aliphatic hydroxyl groups is 1. The van der Waals surface area contributed by atoms with E-state index in [1.54, 1.807) is 12.1 Å².